The van der Waals surface area contributed by atoms with Crippen molar-refractivity contribution in [1.29, 1.82) is 5.26 Å². The van der Waals surface area contributed by atoms with Crippen molar-refractivity contribution in [2.45, 2.75) is 13.0 Å². The van der Waals surface area contributed by atoms with Crippen molar-refractivity contribution in [1.82, 2.24) is 0 Å². The Balaban J connectivity index is 2.96. The highest BCUT2D eigenvalue weighted by Gasteiger charge is 2.10. The Kier molecular flexibility index (Phi) is 3.32. The van der Waals surface area contributed by atoms with Gasteiger partial charge >= 0.3 is 0 Å². The Labute approximate surface area is 86.9 Å². The van der Waals surface area contributed by atoms with Crippen molar-refractivity contribution in [3.05, 3.63) is 28.7 Å². The van der Waals surface area contributed by atoms with Gasteiger partial charge in [0, 0.05) is 11.5 Å². The average Bonchev–Trinajstić information content (AvgIpc) is 2.16. The number of nitriles is 1. The zero-order chi connectivity index (χ0) is 9.84. The lowest BCUT2D eigenvalue weighted by atomic mass is 10.2. The van der Waals surface area contributed by atoms with E-state index in [9.17, 15) is 0 Å². The van der Waals surface area contributed by atoms with Crippen molar-refractivity contribution in [3.63, 3.8) is 0 Å². The largest absolute Gasteiger partial charge is 0.358 e. The number of halogens is 1. The van der Waals surface area contributed by atoms with Gasteiger partial charge in [0.1, 0.15) is 6.04 Å². The van der Waals surface area contributed by atoms with Crippen LogP contribution in [0.4, 0.5) is 5.69 Å². The van der Waals surface area contributed by atoms with E-state index in [1.807, 2.05) is 43.1 Å². The zero-order valence-corrected chi connectivity index (χ0v) is 9.25. The van der Waals surface area contributed by atoms with E-state index in [1.54, 1.807) is 0 Å². The number of rotatable bonds is 2. The Morgan fingerprint density at radius 3 is 2.62 bits per heavy atom. The highest BCUT2D eigenvalue weighted by Crippen LogP contribution is 2.25. The average molecular weight is 239 g/mol. The first-order valence-electron chi connectivity index (χ1n) is 4.03. The van der Waals surface area contributed by atoms with Gasteiger partial charge < -0.3 is 4.90 Å². The van der Waals surface area contributed by atoms with Crippen molar-refractivity contribution < 1.29 is 0 Å². The maximum Gasteiger partial charge on any atom is 0.113 e. The van der Waals surface area contributed by atoms with Gasteiger partial charge in [-0.3, -0.25) is 0 Å². The monoisotopic (exact) mass is 238 g/mol. The molecule has 0 saturated carbocycles. The maximum absolute atomic E-state index is 8.75. The van der Waals surface area contributed by atoms with E-state index >= 15 is 0 Å². The normalized spacial score (nSPS) is 11.8. The number of para-hydroxylation sites is 1. The molecule has 0 N–H and O–H groups in total. The van der Waals surface area contributed by atoms with Crippen molar-refractivity contribution in [2.75, 3.05) is 11.9 Å². The summed E-state index contributed by atoms with van der Waals surface area (Å²) in [6.07, 6.45) is 0. The second-order valence-corrected chi connectivity index (χ2v) is 3.72. The Morgan fingerprint density at radius 2 is 2.08 bits per heavy atom. The predicted molar refractivity (Wildman–Crippen MR) is 57.6 cm³/mol. The maximum atomic E-state index is 8.75. The minimum atomic E-state index is -0.112. The third-order valence-electron chi connectivity index (χ3n) is 2.00. The minimum Gasteiger partial charge on any atom is -0.358 e. The lowest BCUT2D eigenvalue weighted by Gasteiger charge is -2.22. The molecule has 1 unspecified atom stereocenters. The first-order valence-corrected chi connectivity index (χ1v) is 4.83. The van der Waals surface area contributed by atoms with E-state index in [1.165, 1.54) is 0 Å². The first kappa shape index (κ1) is 10.1. The van der Waals surface area contributed by atoms with Gasteiger partial charge in [0.15, 0.2) is 0 Å². The summed E-state index contributed by atoms with van der Waals surface area (Å²) in [7, 11) is 1.91. The van der Waals surface area contributed by atoms with Crippen LogP contribution in [0, 0.1) is 11.3 Å². The molecular formula is C10H11BrN2. The van der Waals surface area contributed by atoms with E-state index in [2.05, 4.69) is 22.0 Å². The van der Waals surface area contributed by atoms with Crippen LogP contribution < -0.4 is 4.90 Å². The van der Waals surface area contributed by atoms with E-state index in [-0.39, 0.29) is 6.04 Å². The van der Waals surface area contributed by atoms with Crippen LogP contribution >= 0.6 is 15.9 Å². The molecule has 0 heterocycles. The van der Waals surface area contributed by atoms with Gasteiger partial charge in [-0.05, 0) is 35.0 Å². The molecule has 0 radical (unpaired) electrons. The lowest BCUT2D eigenvalue weighted by molar-refractivity contribution is 0.833. The molecule has 0 aliphatic carbocycles. The Morgan fingerprint density at radius 1 is 1.46 bits per heavy atom. The molecule has 0 aliphatic rings. The van der Waals surface area contributed by atoms with Crippen molar-refractivity contribution >= 4 is 21.6 Å². The van der Waals surface area contributed by atoms with Gasteiger partial charge in [-0.15, -0.1) is 0 Å². The summed E-state index contributed by atoms with van der Waals surface area (Å²) >= 11 is 3.44. The fourth-order valence-electron chi connectivity index (χ4n) is 1.03. The number of anilines is 1. The zero-order valence-electron chi connectivity index (χ0n) is 7.66. The van der Waals surface area contributed by atoms with E-state index < -0.39 is 0 Å². The molecule has 1 atom stereocenters. The number of nitrogens with zero attached hydrogens (tertiary/aromatic N) is 2. The van der Waals surface area contributed by atoms with Crippen LogP contribution in [-0.2, 0) is 0 Å². The molecule has 1 aromatic rings. The van der Waals surface area contributed by atoms with E-state index in [0.29, 0.717) is 0 Å². The van der Waals surface area contributed by atoms with Crippen LogP contribution in [0.3, 0.4) is 0 Å². The van der Waals surface area contributed by atoms with E-state index in [4.69, 9.17) is 5.26 Å². The van der Waals surface area contributed by atoms with Crippen LogP contribution in [0.1, 0.15) is 6.92 Å². The van der Waals surface area contributed by atoms with Gasteiger partial charge in [-0.2, -0.15) is 5.26 Å². The summed E-state index contributed by atoms with van der Waals surface area (Å²) in [5, 5.41) is 8.75. The van der Waals surface area contributed by atoms with Crippen LogP contribution in [0.5, 0.6) is 0 Å². The second kappa shape index (κ2) is 4.29. The number of hydrogen-bond donors (Lipinski definition) is 0. The standard InChI is InChI=1S/C10H11BrN2/c1-8(7-12)13(2)10-6-4-3-5-9(10)11/h3-6,8H,1-2H3. The van der Waals surface area contributed by atoms with Crippen LogP contribution in [-0.4, -0.2) is 13.1 Å². The topological polar surface area (TPSA) is 27.0 Å². The molecule has 0 aromatic heterocycles. The third-order valence-corrected chi connectivity index (χ3v) is 2.67. The third kappa shape index (κ3) is 2.22. The SMILES string of the molecule is CC(C#N)N(C)c1ccccc1Br. The van der Waals surface area contributed by atoms with Crippen molar-refractivity contribution in [2.24, 2.45) is 0 Å². The number of benzene rings is 1. The summed E-state index contributed by atoms with van der Waals surface area (Å²) in [6, 6.07) is 9.95. The van der Waals surface area contributed by atoms with Gasteiger partial charge in [0.2, 0.25) is 0 Å². The molecule has 1 rings (SSSR count). The van der Waals surface area contributed by atoms with Gasteiger partial charge in [-0.1, -0.05) is 12.1 Å². The Hall–Kier alpha value is -1.01. The smallest absolute Gasteiger partial charge is 0.113 e. The molecule has 0 saturated heterocycles. The van der Waals surface area contributed by atoms with Gasteiger partial charge in [0.25, 0.3) is 0 Å². The van der Waals surface area contributed by atoms with Gasteiger partial charge in [-0.25, -0.2) is 0 Å². The molecule has 0 bridgehead atoms. The van der Waals surface area contributed by atoms with Crippen LogP contribution in [0.15, 0.2) is 28.7 Å². The van der Waals surface area contributed by atoms with Crippen molar-refractivity contribution in [3.8, 4) is 6.07 Å². The summed E-state index contributed by atoms with van der Waals surface area (Å²) in [4.78, 5) is 1.93. The fraction of sp³-hybridized carbons (Fsp3) is 0.300. The number of hydrogen-bond acceptors (Lipinski definition) is 2. The fourth-order valence-corrected chi connectivity index (χ4v) is 1.60. The van der Waals surface area contributed by atoms with Gasteiger partial charge in [0.05, 0.1) is 11.8 Å². The molecular weight excluding hydrogens is 228 g/mol. The molecule has 0 aliphatic heterocycles. The van der Waals surface area contributed by atoms with Crippen LogP contribution in [0.2, 0.25) is 0 Å². The summed E-state index contributed by atoms with van der Waals surface area (Å²) in [6.45, 7) is 1.87. The Bertz CT molecular complexity index is 330. The predicted octanol–water partition coefficient (Wildman–Crippen LogP) is 2.80. The van der Waals surface area contributed by atoms with Crippen LogP contribution in [0.25, 0.3) is 0 Å². The highest BCUT2D eigenvalue weighted by atomic mass is 79.9. The first-order chi connectivity index (χ1) is 6.16. The molecule has 0 fully saturated rings. The molecule has 68 valence electrons. The summed E-state index contributed by atoms with van der Waals surface area (Å²) < 4.78 is 1.01. The van der Waals surface area contributed by atoms with E-state index in [0.717, 1.165) is 10.2 Å². The minimum absolute atomic E-state index is 0.112. The molecule has 13 heavy (non-hydrogen) atoms. The molecule has 2 nitrogen and oxygen atoms in total. The molecule has 0 spiro atoms. The molecule has 1 aromatic carbocycles. The molecule has 0 amide bonds. The lowest BCUT2D eigenvalue weighted by Crippen LogP contribution is -2.27. The molecule has 3 heteroatoms. The summed E-state index contributed by atoms with van der Waals surface area (Å²) in [5.41, 5.74) is 1.04. The quantitative estimate of drug-likeness (QED) is 0.793. The second-order valence-electron chi connectivity index (χ2n) is 2.87. The highest BCUT2D eigenvalue weighted by molar-refractivity contribution is 9.10. The summed E-state index contributed by atoms with van der Waals surface area (Å²) in [5.74, 6) is 0.